The highest BCUT2D eigenvalue weighted by Crippen LogP contribution is 2.31. The van der Waals surface area contributed by atoms with Gasteiger partial charge in [-0.25, -0.2) is 8.42 Å². The second kappa shape index (κ2) is 5.47. The Morgan fingerprint density at radius 2 is 1.95 bits per heavy atom. The first-order chi connectivity index (χ1) is 9.94. The lowest BCUT2D eigenvalue weighted by Crippen LogP contribution is -2.40. The molecule has 2 aliphatic rings. The molecule has 2 unspecified atom stereocenters. The lowest BCUT2D eigenvalue weighted by molar-refractivity contribution is 0.0956. The third-order valence-electron chi connectivity index (χ3n) is 3.90. The van der Waals surface area contributed by atoms with Gasteiger partial charge in [-0.2, -0.15) is 0 Å². The molecule has 21 heavy (non-hydrogen) atoms. The van der Waals surface area contributed by atoms with E-state index >= 15 is 0 Å². The van der Waals surface area contributed by atoms with Gasteiger partial charge in [-0.15, -0.1) is 0 Å². The van der Waals surface area contributed by atoms with E-state index in [1.807, 2.05) is 30.1 Å². The third kappa shape index (κ3) is 3.14. The maximum absolute atomic E-state index is 11.6. The molecule has 0 amide bonds. The maximum atomic E-state index is 11.6. The van der Waals surface area contributed by atoms with Crippen LogP contribution in [-0.2, 0) is 16.4 Å². The van der Waals surface area contributed by atoms with Crippen molar-refractivity contribution < 1.29 is 23.0 Å². The van der Waals surface area contributed by atoms with E-state index in [0.29, 0.717) is 25.5 Å². The third-order valence-corrected chi connectivity index (χ3v) is 5.60. The second-order valence-electron chi connectivity index (χ2n) is 5.60. The summed E-state index contributed by atoms with van der Waals surface area (Å²) >= 11 is 0. The molecule has 2 atom stereocenters. The fourth-order valence-corrected chi connectivity index (χ4v) is 4.70. The van der Waals surface area contributed by atoms with Gasteiger partial charge in [0.15, 0.2) is 21.3 Å². The molecular weight excluding hydrogens is 294 g/mol. The number of sulfone groups is 1. The first kappa shape index (κ1) is 14.6. The molecule has 0 bridgehead atoms. The first-order valence-electron chi connectivity index (χ1n) is 6.92. The number of benzene rings is 1. The minimum atomic E-state index is -3.13. The SMILES string of the molecule is CN(Cc1ccc2c(c1)OCCO2)C1CS(=O)(=O)CC1O. The standard InChI is InChI=1S/C14H19NO5S/c1-15(11-8-21(17,18)9-12(11)16)7-10-2-3-13-14(6-10)20-5-4-19-13/h2-3,6,11-12,16H,4-5,7-9H2,1H3. The average molecular weight is 313 g/mol. The van der Waals surface area contributed by atoms with Crippen molar-refractivity contribution in [1.82, 2.24) is 4.90 Å². The zero-order chi connectivity index (χ0) is 15.0. The Bertz CT molecular complexity index is 630. The normalized spacial score (nSPS) is 27.0. The molecular formula is C14H19NO5S. The van der Waals surface area contributed by atoms with Crippen LogP contribution in [0.25, 0.3) is 0 Å². The number of aliphatic hydroxyl groups is 1. The summed E-state index contributed by atoms with van der Waals surface area (Å²) in [5, 5.41) is 9.90. The van der Waals surface area contributed by atoms with Gasteiger partial charge in [-0.1, -0.05) is 6.07 Å². The van der Waals surface area contributed by atoms with Gasteiger partial charge in [-0.05, 0) is 24.7 Å². The predicted molar refractivity (Wildman–Crippen MR) is 77.3 cm³/mol. The molecule has 0 aromatic heterocycles. The lowest BCUT2D eigenvalue weighted by atomic mass is 10.1. The number of ether oxygens (including phenoxy) is 2. The highest BCUT2D eigenvalue weighted by Gasteiger charge is 2.38. The van der Waals surface area contributed by atoms with Crippen molar-refractivity contribution in [2.24, 2.45) is 0 Å². The molecule has 0 spiro atoms. The number of hydrogen-bond acceptors (Lipinski definition) is 6. The zero-order valence-electron chi connectivity index (χ0n) is 11.9. The van der Waals surface area contributed by atoms with Crippen LogP contribution >= 0.6 is 0 Å². The van der Waals surface area contributed by atoms with Crippen LogP contribution in [-0.4, -0.2) is 62.3 Å². The number of hydrogen-bond donors (Lipinski definition) is 1. The van der Waals surface area contributed by atoms with E-state index in [-0.39, 0.29) is 17.5 Å². The van der Waals surface area contributed by atoms with Gasteiger partial charge < -0.3 is 14.6 Å². The first-order valence-corrected chi connectivity index (χ1v) is 8.74. The van der Waals surface area contributed by atoms with E-state index in [9.17, 15) is 13.5 Å². The molecule has 1 fully saturated rings. The molecule has 0 aliphatic carbocycles. The van der Waals surface area contributed by atoms with Gasteiger partial charge in [0.2, 0.25) is 0 Å². The Hall–Kier alpha value is -1.31. The minimum absolute atomic E-state index is 0.00915. The van der Waals surface area contributed by atoms with Crippen LogP contribution in [0.5, 0.6) is 11.5 Å². The maximum Gasteiger partial charge on any atom is 0.161 e. The summed E-state index contributed by atoms with van der Waals surface area (Å²) in [6.07, 6.45) is -0.822. The van der Waals surface area contributed by atoms with Crippen molar-refractivity contribution in [3.63, 3.8) is 0 Å². The molecule has 1 N–H and O–H groups in total. The molecule has 0 saturated carbocycles. The molecule has 3 rings (SSSR count). The Morgan fingerprint density at radius 1 is 1.24 bits per heavy atom. The zero-order valence-corrected chi connectivity index (χ0v) is 12.7. The monoisotopic (exact) mass is 313 g/mol. The van der Waals surface area contributed by atoms with Crippen LogP contribution in [0, 0.1) is 0 Å². The summed E-state index contributed by atoms with van der Waals surface area (Å²) in [5.41, 5.74) is 0.998. The average Bonchev–Trinajstić information content (AvgIpc) is 2.72. The molecule has 2 heterocycles. The molecule has 1 saturated heterocycles. The summed E-state index contributed by atoms with van der Waals surface area (Å²) in [7, 11) is -1.31. The smallest absolute Gasteiger partial charge is 0.161 e. The summed E-state index contributed by atoms with van der Waals surface area (Å²) in [5.74, 6) is 1.31. The van der Waals surface area contributed by atoms with E-state index in [4.69, 9.17) is 9.47 Å². The van der Waals surface area contributed by atoms with E-state index in [2.05, 4.69) is 0 Å². The number of fused-ring (bicyclic) bond motifs is 1. The summed E-state index contributed by atoms with van der Waals surface area (Å²) in [4.78, 5) is 1.88. The molecule has 0 radical (unpaired) electrons. The van der Waals surface area contributed by atoms with Crippen molar-refractivity contribution in [3.05, 3.63) is 23.8 Å². The van der Waals surface area contributed by atoms with Gasteiger partial charge >= 0.3 is 0 Å². The van der Waals surface area contributed by atoms with Crippen molar-refractivity contribution >= 4 is 9.84 Å². The number of rotatable bonds is 3. The molecule has 1 aromatic carbocycles. The van der Waals surface area contributed by atoms with Crippen LogP contribution in [0.15, 0.2) is 18.2 Å². The van der Waals surface area contributed by atoms with Crippen molar-refractivity contribution in [2.75, 3.05) is 31.8 Å². The lowest BCUT2D eigenvalue weighted by Gasteiger charge is -2.26. The Labute approximate surface area is 124 Å². The quantitative estimate of drug-likeness (QED) is 0.850. The van der Waals surface area contributed by atoms with Gasteiger partial charge in [-0.3, -0.25) is 4.90 Å². The Balaban J connectivity index is 1.71. The van der Waals surface area contributed by atoms with Crippen LogP contribution < -0.4 is 9.47 Å². The van der Waals surface area contributed by atoms with E-state index in [1.54, 1.807) is 0 Å². The fraction of sp³-hybridized carbons (Fsp3) is 0.571. The number of nitrogens with zero attached hydrogens (tertiary/aromatic N) is 1. The van der Waals surface area contributed by atoms with Crippen LogP contribution in [0.2, 0.25) is 0 Å². The second-order valence-corrected chi connectivity index (χ2v) is 7.76. The Morgan fingerprint density at radius 3 is 2.62 bits per heavy atom. The van der Waals surface area contributed by atoms with Gasteiger partial charge in [0.25, 0.3) is 0 Å². The molecule has 7 heteroatoms. The highest BCUT2D eigenvalue weighted by molar-refractivity contribution is 7.91. The van der Waals surface area contributed by atoms with Crippen molar-refractivity contribution in [2.45, 2.75) is 18.7 Å². The molecule has 6 nitrogen and oxygen atoms in total. The number of likely N-dealkylation sites (N-methyl/N-ethyl adjacent to an activating group) is 1. The van der Waals surface area contributed by atoms with E-state index in [0.717, 1.165) is 11.3 Å². The van der Waals surface area contributed by atoms with E-state index < -0.39 is 15.9 Å². The molecule has 1 aromatic rings. The van der Waals surface area contributed by atoms with Crippen LogP contribution in [0.3, 0.4) is 0 Å². The molecule has 2 aliphatic heterocycles. The number of aliphatic hydroxyl groups excluding tert-OH is 1. The summed E-state index contributed by atoms with van der Waals surface area (Å²) in [6, 6.07) is 5.34. The summed E-state index contributed by atoms with van der Waals surface area (Å²) < 4.78 is 34.2. The topological polar surface area (TPSA) is 76.1 Å². The van der Waals surface area contributed by atoms with Gasteiger partial charge in [0.05, 0.1) is 23.7 Å². The van der Waals surface area contributed by atoms with Gasteiger partial charge in [0, 0.05) is 6.54 Å². The predicted octanol–water partition coefficient (Wildman–Crippen LogP) is 0.0475. The van der Waals surface area contributed by atoms with Crippen molar-refractivity contribution in [3.8, 4) is 11.5 Å². The van der Waals surface area contributed by atoms with Crippen LogP contribution in [0.4, 0.5) is 0 Å². The summed E-state index contributed by atoms with van der Waals surface area (Å²) in [6.45, 7) is 1.64. The van der Waals surface area contributed by atoms with Crippen LogP contribution in [0.1, 0.15) is 5.56 Å². The largest absolute Gasteiger partial charge is 0.486 e. The highest BCUT2D eigenvalue weighted by atomic mass is 32.2. The minimum Gasteiger partial charge on any atom is -0.486 e. The van der Waals surface area contributed by atoms with E-state index in [1.165, 1.54) is 0 Å². The molecule has 116 valence electrons. The van der Waals surface area contributed by atoms with Gasteiger partial charge in [0.1, 0.15) is 13.2 Å². The van der Waals surface area contributed by atoms with Crippen molar-refractivity contribution in [1.29, 1.82) is 0 Å². The Kier molecular flexibility index (Phi) is 3.81. The fourth-order valence-electron chi connectivity index (χ4n) is 2.82.